The van der Waals surface area contributed by atoms with E-state index in [1.165, 1.54) is 0 Å². The molecule has 2 N–H and O–H groups in total. The van der Waals surface area contributed by atoms with E-state index in [1.807, 2.05) is 4.68 Å². The zero-order valence-electron chi connectivity index (χ0n) is 14.2. The number of urea groups is 1. The molecule has 0 aromatic carbocycles. The molecule has 3 heterocycles. The lowest BCUT2D eigenvalue weighted by atomic mass is 10.0. The number of carbonyl (C=O) groups is 1. The molecular weight excluding hydrogens is 294 g/mol. The summed E-state index contributed by atoms with van der Waals surface area (Å²) in [5, 5.41) is 17.2. The van der Waals surface area contributed by atoms with Crippen LogP contribution in [-0.2, 0) is 6.54 Å². The molecule has 0 saturated carbocycles. The molecule has 0 bridgehead atoms. The first-order valence-electron chi connectivity index (χ1n) is 8.64. The molecule has 2 aliphatic rings. The van der Waals surface area contributed by atoms with Gasteiger partial charge in [-0.15, -0.1) is 0 Å². The fraction of sp³-hybridized carbons (Fsp3) is 0.812. The summed E-state index contributed by atoms with van der Waals surface area (Å²) in [5.41, 5.74) is 0. The van der Waals surface area contributed by atoms with Crippen molar-refractivity contribution in [3.63, 3.8) is 0 Å². The molecule has 2 aliphatic heterocycles. The summed E-state index contributed by atoms with van der Waals surface area (Å²) in [6.45, 7) is 7.82. The quantitative estimate of drug-likeness (QED) is 0.887. The lowest BCUT2D eigenvalue weighted by molar-refractivity contribution is 0.140. The Morgan fingerprint density at radius 3 is 2.87 bits per heavy atom. The Hall–Kier alpha value is -1.63. The fourth-order valence-corrected chi connectivity index (χ4v) is 3.52. The molecule has 2 amide bonds. The zero-order valence-corrected chi connectivity index (χ0v) is 14.2. The maximum Gasteiger partial charge on any atom is 0.318 e. The topological polar surface area (TPSA) is 83.3 Å². The van der Waals surface area contributed by atoms with Crippen LogP contribution in [0.3, 0.4) is 0 Å². The normalized spacial score (nSPS) is 27.3. The molecular formula is C16H27N5O2. The van der Waals surface area contributed by atoms with Crippen molar-refractivity contribution in [3.8, 4) is 0 Å². The average Bonchev–Trinajstić information content (AvgIpc) is 3.11. The molecule has 7 nitrogen and oxygen atoms in total. The molecule has 0 unspecified atom stereocenters. The fourth-order valence-electron chi connectivity index (χ4n) is 3.52. The van der Waals surface area contributed by atoms with Crippen molar-refractivity contribution in [2.75, 3.05) is 13.2 Å². The first kappa shape index (κ1) is 16.2. The van der Waals surface area contributed by atoms with Crippen LogP contribution >= 0.6 is 0 Å². The first-order valence-corrected chi connectivity index (χ1v) is 8.64. The van der Waals surface area contributed by atoms with Crippen LogP contribution in [0.4, 0.5) is 4.79 Å². The maximum atomic E-state index is 12.6. The van der Waals surface area contributed by atoms with Crippen molar-refractivity contribution in [2.24, 2.45) is 5.92 Å². The second-order valence-corrected chi connectivity index (χ2v) is 7.06. The van der Waals surface area contributed by atoms with E-state index in [2.05, 4.69) is 36.2 Å². The van der Waals surface area contributed by atoms with Crippen molar-refractivity contribution in [3.05, 3.63) is 11.6 Å². The number of aliphatic hydroxyl groups is 1. The highest BCUT2D eigenvalue weighted by molar-refractivity contribution is 5.75. The maximum absolute atomic E-state index is 12.6. The van der Waals surface area contributed by atoms with Crippen molar-refractivity contribution >= 4 is 6.03 Å². The highest BCUT2D eigenvalue weighted by Gasteiger charge is 2.35. The molecule has 7 heteroatoms. The van der Waals surface area contributed by atoms with Crippen LogP contribution in [0.25, 0.3) is 0 Å². The Morgan fingerprint density at radius 2 is 2.17 bits per heavy atom. The molecule has 23 heavy (non-hydrogen) atoms. The summed E-state index contributed by atoms with van der Waals surface area (Å²) in [5.74, 6) is 2.32. The van der Waals surface area contributed by atoms with Gasteiger partial charge in [-0.05, 0) is 25.2 Å². The smallest absolute Gasteiger partial charge is 0.318 e. The molecule has 0 aliphatic carbocycles. The number of carbonyl (C=O) groups excluding carboxylic acids is 1. The van der Waals surface area contributed by atoms with Gasteiger partial charge in [-0.2, -0.15) is 5.10 Å². The van der Waals surface area contributed by atoms with E-state index in [-0.39, 0.29) is 30.6 Å². The molecule has 0 spiro atoms. The lowest BCUT2D eigenvalue weighted by Gasteiger charge is -2.29. The number of nitrogens with zero attached hydrogens (tertiary/aromatic N) is 4. The van der Waals surface area contributed by atoms with Crippen LogP contribution in [-0.4, -0.2) is 50.0 Å². The first-order chi connectivity index (χ1) is 11.0. The number of aryl methyl sites for hydroxylation is 1. The molecule has 128 valence electrons. The van der Waals surface area contributed by atoms with Crippen LogP contribution in [0.5, 0.6) is 0 Å². The molecule has 0 radical (unpaired) electrons. The molecule has 1 aromatic heterocycles. The van der Waals surface area contributed by atoms with E-state index in [0.29, 0.717) is 12.5 Å². The van der Waals surface area contributed by atoms with Crippen molar-refractivity contribution in [1.82, 2.24) is 25.0 Å². The van der Waals surface area contributed by atoms with Crippen LogP contribution in [0, 0.1) is 5.92 Å². The van der Waals surface area contributed by atoms with E-state index in [9.17, 15) is 9.90 Å². The second kappa shape index (κ2) is 6.47. The minimum atomic E-state index is -0.0963. The number of hydrogen-bond acceptors (Lipinski definition) is 4. The van der Waals surface area contributed by atoms with Crippen molar-refractivity contribution < 1.29 is 9.90 Å². The average molecular weight is 321 g/mol. The predicted octanol–water partition coefficient (Wildman–Crippen LogP) is 1.65. The third-order valence-electron chi connectivity index (χ3n) is 5.04. The minimum Gasteiger partial charge on any atom is -0.394 e. The monoisotopic (exact) mass is 321 g/mol. The summed E-state index contributed by atoms with van der Waals surface area (Å²) in [6, 6.07) is -0.268. The predicted molar refractivity (Wildman–Crippen MR) is 86.0 cm³/mol. The number of rotatable bonds is 3. The van der Waals surface area contributed by atoms with Gasteiger partial charge in [-0.3, -0.25) is 0 Å². The Kier molecular flexibility index (Phi) is 4.57. The van der Waals surface area contributed by atoms with Crippen molar-refractivity contribution in [2.45, 2.75) is 64.6 Å². The van der Waals surface area contributed by atoms with Gasteiger partial charge in [-0.25, -0.2) is 14.5 Å². The van der Waals surface area contributed by atoms with Gasteiger partial charge in [0.25, 0.3) is 0 Å². The Morgan fingerprint density at radius 1 is 1.39 bits per heavy atom. The third-order valence-corrected chi connectivity index (χ3v) is 5.04. The van der Waals surface area contributed by atoms with Crippen LogP contribution < -0.4 is 5.32 Å². The second-order valence-electron chi connectivity index (χ2n) is 7.06. The summed E-state index contributed by atoms with van der Waals surface area (Å²) in [4.78, 5) is 19.0. The Labute approximate surface area is 137 Å². The van der Waals surface area contributed by atoms with Crippen LogP contribution in [0.15, 0.2) is 0 Å². The molecule has 3 rings (SSSR count). The third kappa shape index (κ3) is 3.06. The summed E-state index contributed by atoms with van der Waals surface area (Å²) >= 11 is 0. The van der Waals surface area contributed by atoms with Gasteiger partial charge >= 0.3 is 6.03 Å². The number of aliphatic hydroxyl groups excluding tert-OH is 1. The molecule has 1 saturated heterocycles. The Balaban J connectivity index is 1.73. The summed E-state index contributed by atoms with van der Waals surface area (Å²) in [6.07, 6.45) is 2.81. The van der Waals surface area contributed by atoms with Gasteiger partial charge in [0.15, 0.2) is 5.82 Å². The Bertz CT molecular complexity index is 571. The highest BCUT2D eigenvalue weighted by atomic mass is 16.3. The van der Waals surface area contributed by atoms with E-state index in [4.69, 9.17) is 0 Å². The van der Waals surface area contributed by atoms with Gasteiger partial charge < -0.3 is 15.3 Å². The minimum absolute atomic E-state index is 0.0208. The number of amides is 2. The SMILES string of the molecule is CC(C)c1nc2n(n1)CCC[C@@H]2NC(=O)N1CC[C@@H](C)[C@H]1CO. The highest BCUT2D eigenvalue weighted by Crippen LogP contribution is 2.27. The van der Waals surface area contributed by atoms with E-state index >= 15 is 0 Å². The lowest BCUT2D eigenvalue weighted by Crippen LogP contribution is -2.47. The number of nitrogens with one attached hydrogen (secondary N) is 1. The van der Waals surface area contributed by atoms with Gasteiger partial charge in [0.2, 0.25) is 0 Å². The number of likely N-dealkylation sites (tertiary alicyclic amines) is 1. The zero-order chi connectivity index (χ0) is 16.6. The number of fused-ring (bicyclic) bond motifs is 1. The van der Waals surface area contributed by atoms with Crippen LogP contribution in [0.1, 0.15) is 63.6 Å². The van der Waals surface area contributed by atoms with E-state index < -0.39 is 0 Å². The van der Waals surface area contributed by atoms with E-state index in [0.717, 1.165) is 37.5 Å². The largest absolute Gasteiger partial charge is 0.394 e. The molecule has 1 fully saturated rings. The molecule has 1 aromatic rings. The van der Waals surface area contributed by atoms with Gasteiger partial charge in [0, 0.05) is 19.0 Å². The number of aromatic nitrogens is 3. The number of hydrogen-bond donors (Lipinski definition) is 2. The summed E-state index contributed by atoms with van der Waals surface area (Å²) in [7, 11) is 0. The summed E-state index contributed by atoms with van der Waals surface area (Å²) < 4.78 is 1.93. The van der Waals surface area contributed by atoms with Crippen molar-refractivity contribution in [1.29, 1.82) is 0 Å². The van der Waals surface area contributed by atoms with Gasteiger partial charge in [0.05, 0.1) is 18.7 Å². The van der Waals surface area contributed by atoms with Gasteiger partial charge in [-0.1, -0.05) is 20.8 Å². The van der Waals surface area contributed by atoms with Gasteiger partial charge in [0.1, 0.15) is 5.82 Å². The van der Waals surface area contributed by atoms with Crippen LogP contribution in [0.2, 0.25) is 0 Å². The standard InChI is InChI=1S/C16H27N5O2/c1-10(2)14-18-15-12(5-4-7-21(15)19-14)17-16(23)20-8-6-11(3)13(20)9-22/h10-13,22H,4-9H2,1-3H3,(H,17,23)/t11-,12+,13-/m1/s1. The molecule has 3 atom stereocenters. The van der Waals surface area contributed by atoms with E-state index in [1.54, 1.807) is 4.90 Å².